The fourth-order valence-corrected chi connectivity index (χ4v) is 2.80. The van der Waals surface area contributed by atoms with Gasteiger partial charge in [0.25, 0.3) is 0 Å². The summed E-state index contributed by atoms with van der Waals surface area (Å²) in [5, 5.41) is 0. The molecule has 0 saturated heterocycles. The molecule has 1 aliphatic carbocycles. The summed E-state index contributed by atoms with van der Waals surface area (Å²) in [6.07, 6.45) is 1.06. The normalized spacial score (nSPS) is 17.2. The van der Waals surface area contributed by atoms with Crippen LogP contribution in [-0.4, -0.2) is 6.79 Å². The third-order valence-electron chi connectivity index (χ3n) is 3.38. The molecule has 1 heterocycles. The molecule has 0 N–H and O–H groups in total. The van der Waals surface area contributed by atoms with Crippen LogP contribution in [0.2, 0.25) is 0 Å². The second kappa shape index (κ2) is 3.27. The van der Waals surface area contributed by atoms with Gasteiger partial charge in [0.2, 0.25) is 6.79 Å². The average molecular weight is 216 g/mol. The van der Waals surface area contributed by atoms with E-state index in [9.17, 15) is 0 Å². The predicted octanol–water partition coefficient (Wildman–Crippen LogP) is 3.40. The second-order valence-electron chi connectivity index (χ2n) is 4.89. The van der Waals surface area contributed by atoms with Crippen molar-refractivity contribution in [2.24, 2.45) is 5.92 Å². The highest BCUT2D eigenvalue weighted by atomic mass is 16.7. The number of hydrogen-bond acceptors (Lipinski definition) is 2. The molecule has 0 radical (unpaired) electrons. The molecule has 0 amide bonds. The molecule has 3 rings (SSSR count). The molecular formula is C14H16O2. The smallest absolute Gasteiger partial charge is 0.231 e. The Kier molecular flexibility index (Phi) is 2.00. The minimum atomic E-state index is 0.359. The van der Waals surface area contributed by atoms with E-state index in [0.29, 0.717) is 12.7 Å². The first-order chi connectivity index (χ1) is 7.66. The van der Waals surface area contributed by atoms with Crippen LogP contribution in [0.5, 0.6) is 11.5 Å². The van der Waals surface area contributed by atoms with E-state index in [1.807, 2.05) is 0 Å². The average Bonchev–Trinajstić information content (AvgIpc) is 2.75. The van der Waals surface area contributed by atoms with Gasteiger partial charge in [-0.3, -0.25) is 0 Å². The Morgan fingerprint density at radius 3 is 2.50 bits per heavy atom. The van der Waals surface area contributed by atoms with Crippen molar-refractivity contribution in [1.82, 2.24) is 0 Å². The van der Waals surface area contributed by atoms with Gasteiger partial charge in [0.05, 0.1) is 0 Å². The molecule has 84 valence electrons. The van der Waals surface area contributed by atoms with Crippen LogP contribution in [0.1, 0.15) is 31.9 Å². The maximum absolute atomic E-state index is 5.44. The van der Waals surface area contributed by atoms with E-state index >= 15 is 0 Å². The Hall–Kier alpha value is -1.44. The van der Waals surface area contributed by atoms with Crippen molar-refractivity contribution >= 4 is 5.57 Å². The molecular weight excluding hydrogens is 200 g/mol. The Balaban J connectivity index is 2.14. The molecule has 1 aromatic carbocycles. The fourth-order valence-electron chi connectivity index (χ4n) is 2.80. The van der Waals surface area contributed by atoms with Crippen LogP contribution in [0.3, 0.4) is 0 Å². The number of rotatable bonds is 1. The molecule has 1 aliphatic heterocycles. The first kappa shape index (κ1) is 9.76. The lowest BCUT2D eigenvalue weighted by Gasteiger charge is -2.11. The lowest BCUT2D eigenvalue weighted by atomic mass is 9.95. The second-order valence-corrected chi connectivity index (χ2v) is 4.89. The molecule has 1 aromatic rings. The predicted molar refractivity (Wildman–Crippen MR) is 63.7 cm³/mol. The molecule has 0 atom stereocenters. The topological polar surface area (TPSA) is 18.5 Å². The van der Waals surface area contributed by atoms with Crippen molar-refractivity contribution in [2.45, 2.75) is 27.2 Å². The van der Waals surface area contributed by atoms with Crippen molar-refractivity contribution < 1.29 is 9.47 Å². The summed E-state index contributed by atoms with van der Waals surface area (Å²) in [5.74, 6) is 2.37. The Morgan fingerprint density at radius 1 is 1.12 bits per heavy atom. The van der Waals surface area contributed by atoms with Crippen LogP contribution in [0, 0.1) is 5.92 Å². The van der Waals surface area contributed by atoms with Crippen LogP contribution in [-0.2, 0) is 6.42 Å². The fraction of sp³-hybridized carbons (Fsp3) is 0.429. The summed E-state index contributed by atoms with van der Waals surface area (Å²) in [4.78, 5) is 0. The van der Waals surface area contributed by atoms with Crippen LogP contribution in [0.25, 0.3) is 5.57 Å². The zero-order valence-corrected chi connectivity index (χ0v) is 9.96. The van der Waals surface area contributed by atoms with Gasteiger partial charge in [-0.15, -0.1) is 0 Å². The lowest BCUT2D eigenvalue weighted by molar-refractivity contribution is 0.174. The molecule has 2 heteroatoms. The number of ether oxygens (including phenoxy) is 2. The van der Waals surface area contributed by atoms with E-state index in [0.717, 1.165) is 17.9 Å². The molecule has 2 aliphatic rings. The molecule has 0 bridgehead atoms. The lowest BCUT2D eigenvalue weighted by Crippen LogP contribution is -1.94. The quantitative estimate of drug-likeness (QED) is 0.716. The van der Waals surface area contributed by atoms with Gasteiger partial charge >= 0.3 is 0 Å². The highest BCUT2D eigenvalue weighted by molar-refractivity contribution is 5.79. The summed E-state index contributed by atoms with van der Waals surface area (Å²) >= 11 is 0. The van der Waals surface area contributed by atoms with Crippen molar-refractivity contribution in [1.29, 1.82) is 0 Å². The number of benzene rings is 1. The Labute approximate surface area is 95.9 Å². The summed E-state index contributed by atoms with van der Waals surface area (Å²) in [7, 11) is 0. The van der Waals surface area contributed by atoms with Crippen LogP contribution >= 0.6 is 0 Å². The first-order valence-electron chi connectivity index (χ1n) is 5.79. The molecule has 0 fully saturated rings. The number of hydrogen-bond donors (Lipinski definition) is 0. The zero-order chi connectivity index (χ0) is 11.3. The van der Waals surface area contributed by atoms with Crippen molar-refractivity contribution in [3.8, 4) is 11.5 Å². The summed E-state index contributed by atoms with van der Waals surface area (Å²) in [5.41, 5.74) is 5.70. The minimum Gasteiger partial charge on any atom is -0.454 e. The Bertz CT molecular complexity index is 484. The van der Waals surface area contributed by atoms with Gasteiger partial charge in [-0.25, -0.2) is 0 Å². The molecule has 2 nitrogen and oxygen atoms in total. The van der Waals surface area contributed by atoms with Crippen molar-refractivity contribution in [3.63, 3.8) is 0 Å². The van der Waals surface area contributed by atoms with Crippen LogP contribution < -0.4 is 9.47 Å². The first-order valence-corrected chi connectivity index (χ1v) is 5.79. The van der Waals surface area contributed by atoms with Gasteiger partial charge in [0, 0.05) is 0 Å². The molecule has 0 spiro atoms. The van der Waals surface area contributed by atoms with E-state index in [-0.39, 0.29) is 0 Å². The van der Waals surface area contributed by atoms with E-state index in [4.69, 9.17) is 9.47 Å². The monoisotopic (exact) mass is 216 g/mol. The zero-order valence-electron chi connectivity index (χ0n) is 9.96. The number of allylic oxidation sites excluding steroid dienone is 2. The van der Waals surface area contributed by atoms with Crippen LogP contribution in [0.15, 0.2) is 17.7 Å². The van der Waals surface area contributed by atoms with Gasteiger partial charge in [-0.2, -0.15) is 0 Å². The molecule has 0 saturated carbocycles. The maximum atomic E-state index is 5.44. The van der Waals surface area contributed by atoms with E-state index in [2.05, 4.69) is 32.9 Å². The highest BCUT2D eigenvalue weighted by Crippen LogP contribution is 2.44. The molecule has 0 unspecified atom stereocenters. The Morgan fingerprint density at radius 2 is 1.81 bits per heavy atom. The van der Waals surface area contributed by atoms with E-state index < -0.39 is 0 Å². The van der Waals surface area contributed by atoms with E-state index in [1.54, 1.807) is 0 Å². The highest BCUT2D eigenvalue weighted by Gasteiger charge is 2.25. The SMILES string of the molecule is CC1=C(C(C)C)c2cc3c(cc2C1)OCO3. The largest absolute Gasteiger partial charge is 0.454 e. The maximum Gasteiger partial charge on any atom is 0.231 e. The van der Waals surface area contributed by atoms with Crippen LogP contribution in [0.4, 0.5) is 0 Å². The third-order valence-corrected chi connectivity index (χ3v) is 3.38. The third kappa shape index (κ3) is 1.26. The molecule has 16 heavy (non-hydrogen) atoms. The summed E-state index contributed by atoms with van der Waals surface area (Å²) in [6.45, 7) is 7.08. The number of fused-ring (bicyclic) bond motifs is 2. The summed E-state index contributed by atoms with van der Waals surface area (Å²) < 4.78 is 10.9. The van der Waals surface area contributed by atoms with Gasteiger partial charge < -0.3 is 9.47 Å². The van der Waals surface area contributed by atoms with Crippen molar-refractivity contribution in [2.75, 3.05) is 6.79 Å². The van der Waals surface area contributed by atoms with Crippen molar-refractivity contribution in [3.05, 3.63) is 28.8 Å². The van der Waals surface area contributed by atoms with Gasteiger partial charge in [0.15, 0.2) is 11.5 Å². The molecule has 0 aromatic heterocycles. The van der Waals surface area contributed by atoms with Gasteiger partial charge in [-0.05, 0) is 48.1 Å². The van der Waals surface area contributed by atoms with E-state index in [1.165, 1.54) is 22.3 Å². The van der Waals surface area contributed by atoms with Gasteiger partial charge in [-0.1, -0.05) is 19.4 Å². The minimum absolute atomic E-state index is 0.359. The summed E-state index contributed by atoms with van der Waals surface area (Å²) in [6, 6.07) is 4.28. The standard InChI is InChI=1S/C14H16O2/c1-8(2)14-9(3)4-10-5-12-13(6-11(10)14)16-7-15-12/h5-6,8H,4,7H2,1-3H3. The van der Waals surface area contributed by atoms with Gasteiger partial charge in [0.1, 0.15) is 0 Å².